The van der Waals surface area contributed by atoms with E-state index in [9.17, 15) is 0 Å². The molecular formula is C8H18Mg. The van der Waals surface area contributed by atoms with Crippen molar-refractivity contribution < 1.29 is 0 Å². The first-order chi connectivity index (χ1) is 3.91. The highest BCUT2D eigenvalue weighted by Crippen LogP contribution is 2.01. The highest BCUT2D eigenvalue weighted by atomic mass is 24.3. The van der Waals surface area contributed by atoms with Gasteiger partial charge in [0.2, 0.25) is 0 Å². The van der Waals surface area contributed by atoms with Gasteiger partial charge in [0, 0.05) is 0 Å². The van der Waals surface area contributed by atoms with Gasteiger partial charge in [0.05, 0.1) is 0 Å². The highest BCUT2D eigenvalue weighted by Gasteiger charge is 1.81. The quantitative estimate of drug-likeness (QED) is 0.311. The third kappa shape index (κ3) is 11.9. The standard InChI is InChI=1S/C8H16.Mg.2H/c1-3-5-7-8-6-4-2;;;/h3H,1,4-8H2,2H3;;;. The van der Waals surface area contributed by atoms with Crippen LogP contribution in [0.25, 0.3) is 0 Å². The van der Waals surface area contributed by atoms with Crippen LogP contribution >= 0.6 is 0 Å². The van der Waals surface area contributed by atoms with E-state index in [1.165, 1.54) is 32.1 Å². The summed E-state index contributed by atoms with van der Waals surface area (Å²) in [6.45, 7) is 5.89. The van der Waals surface area contributed by atoms with Gasteiger partial charge in [-0.05, 0) is 12.8 Å². The summed E-state index contributed by atoms with van der Waals surface area (Å²) in [5, 5.41) is 0. The van der Waals surface area contributed by atoms with Crippen LogP contribution in [0, 0.1) is 0 Å². The van der Waals surface area contributed by atoms with Crippen LogP contribution in [0.1, 0.15) is 39.0 Å². The van der Waals surface area contributed by atoms with Crippen LogP contribution in [0.3, 0.4) is 0 Å². The first-order valence-corrected chi connectivity index (χ1v) is 3.52. The summed E-state index contributed by atoms with van der Waals surface area (Å²) >= 11 is 0. The molecule has 0 aromatic rings. The molecule has 0 aliphatic carbocycles. The molecule has 0 heterocycles. The molecule has 0 spiro atoms. The zero-order valence-corrected chi connectivity index (χ0v) is 5.82. The zero-order valence-electron chi connectivity index (χ0n) is 5.82. The fraction of sp³-hybridized carbons (Fsp3) is 0.750. The first kappa shape index (κ1) is 12.2. The maximum absolute atomic E-state index is 3.66. The molecule has 0 atom stereocenters. The van der Waals surface area contributed by atoms with E-state index < -0.39 is 0 Å². The molecule has 0 bridgehead atoms. The fourth-order valence-corrected chi connectivity index (χ4v) is 0.715. The fourth-order valence-electron chi connectivity index (χ4n) is 0.715. The lowest BCUT2D eigenvalue weighted by Gasteiger charge is -1.91. The minimum Gasteiger partial charge on any atom is -0.103 e. The van der Waals surface area contributed by atoms with Crippen molar-refractivity contribution in [1.29, 1.82) is 0 Å². The lowest BCUT2D eigenvalue weighted by molar-refractivity contribution is 0.675. The molecule has 0 unspecified atom stereocenters. The summed E-state index contributed by atoms with van der Waals surface area (Å²) in [6.07, 6.45) is 8.61. The lowest BCUT2D eigenvalue weighted by Crippen LogP contribution is -1.71. The van der Waals surface area contributed by atoms with Gasteiger partial charge in [0.15, 0.2) is 0 Å². The second kappa shape index (κ2) is 11.3. The summed E-state index contributed by atoms with van der Waals surface area (Å²) in [5.74, 6) is 0. The zero-order chi connectivity index (χ0) is 6.24. The number of rotatable bonds is 5. The highest BCUT2D eigenvalue weighted by molar-refractivity contribution is 5.75. The van der Waals surface area contributed by atoms with Gasteiger partial charge >= 0.3 is 23.1 Å². The van der Waals surface area contributed by atoms with E-state index in [-0.39, 0.29) is 23.1 Å². The molecular weight excluding hydrogens is 120 g/mol. The molecule has 0 radical (unpaired) electrons. The van der Waals surface area contributed by atoms with Crippen LogP contribution in [0.5, 0.6) is 0 Å². The number of hydrogen-bond donors (Lipinski definition) is 0. The van der Waals surface area contributed by atoms with Crippen molar-refractivity contribution in [3.63, 3.8) is 0 Å². The van der Waals surface area contributed by atoms with Gasteiger partial charge in [-0.2, -0.15) is 0 Å². The Balaban J connectivity index is 0. The molecule has 0 aromatic carbocycles. The van der Waals surface area contributed by atoms with E-state index in [0.29, 0.717) is 0 Å². The average molecular weight is 139 g/mol. The summed E-state index contributed by atoms with van der Waals surface area (Å²) < 4.78 is 0. The molecule has 0 nitrogen and oxygen atoms in total. The van der Waals surface area contributed by atoms with Gasteiger partial charge < -0.3 is 0 Å². The molecule has 1 heteroatoms. The van der Waals surface area contributed by atoms with E-state index in [1.807, 2.05) is 6.08 Å². The van der Waals surface area contributed by atoms with Crippen molar-refractivity contribution in [2.75, 3.05) is 0 Å². The number of unbranched alkanes of at least 4 members (excludes halogenated alkanes) is 4. The van der Waals surface area contributed by atoms with Crippen molar-refractivity contribution in [2.45, 2.75) is 39.0 Å². The molecule has 9 heavy (non-hydrogen) atoms. The average Bonchev–Trinajstić information content (AvgIpc) is 1.81. The van der Waals surface area contributed by atoms with Crippen LogP contribution in [-0.4, -0.2) is 23.1 Å². The van der Waals surface area contributed by atoms with Gasteiger partial charge in [-0.3, -0.25) is 0 Å². The van der Waals surface area contributed by atoms with Crippen molar-refractivity contribution in [3.05, 3.63) is 12.7 Å². The predicted molar refractivity (Wildman–Crippen MR) is 47.5 cm³/mol. The molecule has 0 aliphatic rings. The normalized spacial score (nSPS) is 8.11. The van der Waals surface area contributed by atoms with Crippen molar-refractivity contribution in [1.82, 2.24) is 0 Å². The first-order valence-electron chi connectivity index (χ1n) is 3.52. The minimum atomic E-state index is 0. The molecule has 0 N–H and O–H groups in total. The minimum absolute atomic E-state index is 0. The summed E-state index contributed by atoms with van der Waals surface area (Å²) in [4.78, 5) is 0. The van der Waals surface area contributed by atoms with Crippen LogP contribution in [0.2, 0.25) is 0 Å². The number of allylic oxidation sites excluding steroid dienone is 1. The Kier molecular flexibility index (Phi) is 15.4. The van der Waals surface area contributed by atoms with Crippen molar-refractivity contribution in [2.24, 2.45) is 0 Å². The van der Waals surface area contributed by atoms with Gasteiger partial charge in [-0.25, -0.2) is 0 Å². The monoisotopic (exact) mass is 138 g/mol. The maximum atomic E-state index is 3.66. The van der Waals surface area contributed by atoms with E-state index >= 15 is 0 Å². The van der Waals surface area contributed by atoms with Gasteiger partial charge in [-0.1, -0.05) is 32.3 Å². The Morgan fingerprint density at radius 1 is 1.22 bits per heavy atom. The van der Waals surface area contributed by atoms with E-state index in [0.717, 1.165) is 0 Å². The van der Waals surface area contributed by atoms with E-state index in [4.69, 9.17) is 0 Å². The van der Waals surface area contributed by atoms with Crippen molar-refractivity contribution in [3.8, 4) is 0 Å². The van der Waals surface area contributed by atoms with Gasteiger partial charge in [-0.15, -0.1) is 6.58 Å². The SMILES string of the molecule is C=CCCCCCC.[MgH2]. The summed E-state index contributed by atoms with van der Waals surface area (Å²) in [5.41, 5.74) is 0. The van der Waals surface area contributed by atoms with E-state index in [1.54, 1.807) is 0 Å². The smallest absolute Gasteiger partial charge is 0.103 e. The molecule has 0 aliphatic heterocycles. The molecule has 0 fully saturated rings. The van der Waals surface area contributed by atoms with Gasteiger partial charge in [0.1, 0.15) is 0 Å². The van der Waals surface area contributed by atoms with E-state index in [2.05, 4.69) is 13.5 Å². The van der Waals surface area contributed by atoms with Gasteiger partial charge in [0.25, 0.3) is 0 Å². The molecule has 0 rings (SSSR count). The largest absolute Gasteiger partial charge is 0.316 e. The van der Waals surface area contributed by atoms with Crippen LogP contribution in [-0.2, 0) is 0 Å². The van der Waals surface area contributed by atoms with Crippen LogP contribution in [0.4, 0.5) is 0 Å². The Morgan fingerprint density at radius 3 is 2.33 bits per heavy atom. The lowest BCUT2D eigenvalue weighted by atomic mass is 10.2. The molecule has 52 valence electrons. The Bertz CT molecular complexity index is 50.5. The Morgan fingerprint density at radius 2 is 1.89 bits per heavy atom. The summed E-state index contributed by atoms with van der Waals surface area (Å²) in [7, 11) is 0. The van der Waals surface area contributed by atoms with Crippen LogP contribution in [0.15, 0.2) is 12.7 Å². The topological polar surface area (TPSA) is 0 Å². The molecule has 0 aromatic heterocycles. The third-order valence-electron chi connectivity index (χ3n) is 1.26. The maximum Gasteiger partial charge on any atom is 0.316 e. The Labute approximate surface area is 74.9 Å². The van der Waals surface area contributed by atoms with Crippen molar-refractivity contribution >= 4 is 23.1 Å². The molecule has 0 saturated carbocycles. The molecule has 0 saturated heterocycles. The predicted octanol–water partition coefficient (Wildman–Crippen LogP) is 2.23. The number of hydrogen-bond acceptors (Lipinski definition) is 0. The third-order valence-corrected chi connectivity index (χ3v) is 1.26. The summed E-state index contributed by atoms with van der Waals surface area (Å²) in [6, 6.07) is 0. The second-order valence-corrected chi connectivity index (χ2v) is 2.14. The molecule has 0 amide bonds. The Hall–Kier alpha value is 0.506. The van der Waals surface area contributed by atoms with Crippen LogP contribution < -0.4 is 0 Å². The second-order valence-electron chi connectivity index (χ2n) is 2.14.